The van der Waals surface area contributed by atoms with Crippen LogP contribution in [0, 0.1) is 6.92 Å². The first-order valence-corrected chi connectivity index (χ1v) is 6.42. The van der Waals surface area contributed by atoms with Crippen molar-refractivity contribution in [3.8, 4) is 0 Å². The summed E-state index contributed by atoms with van der Waals surface area (Å²) in [6, 6.07) is 5.77. The van der Waals surface area contributed by atoms with Crippen LogP contribution in [-0.2, 0) is 16.0 Å². The zero-order chi connectivity index (χ0) is 13.0. The average Bonchev–Trinajstić information content (AvgIpc) is 2.42. The van der Waals surface area contributed by atoms with Gasteiger partial charge in [0.2, 0.25) is 5.91 Å². The molecule has 1 saturated heterocycles. The number of ether oxygens (including phenoxy) is 1. The van der Waals surface area contributed by atoms with Crippen molar-refractivity contribution in [2.75, 3.05) is 25.1 Å². The average molecular weight is 248 g/mol. The molecule has 1 aliphatic rings. The van der Waals surface area contributed by atoms with Crippen LogP contribution in [0.1, 0.15) is 18.1 Å². The molecule has 1 aromatic carbocycles. The molecule has 1 heterocycles. The number of carbonyl (C=O) groups is 1. The Morgan fingerprint density at radius 2 is 2.39 bits per heavy atom. The maximum atomic E-state index is 12.0. The number of hydrogen-bond acceptors (Lipinski definition) is 3. The fourth-order valence-corrected chi connectivity index (χ4v) is 2.09. The summed E-state index contributed by atoms with van der Waals surface area (Å²) in [4.78, 5) is 12.0. The van der Waals surface area contributed by atoms with Crippen LogP contribution in [0.5, 0.6) is 0 Å². The molecular formula is C14H20N2O2. The fourth-order valence-electron chi connectivity index (χ4n) is 2.09. The van der Waals surface area contributed by atoms with Crippen molar-refractivity contribution in [1.82, 2.24) is 5.32 Å². The molecule has 0 bridgehead atoms. The second-order valence-corrected chi connectivity index (χ2v) is 4.57. The van der Waals surface area contributed by atoms with E-state index in [1.165, 1.54) is 11.1 Å². The van der Waals surface area contributed by atoms with E-state index < -0.39 is 0 Å². The maximum Gasteiger partial charge on any atom is 0.243 e. The zero-order valence-corrected chi connectivity index (χ0v) is 11.0. The number of aryl methyl sites for hydroxylation is 2. The number of benzene rings is 1. The van der Waals surface area contributed by atoms with E-state index in [9.17, 15) is 4.79 Å². The molecule has 1 fully saturated rings. The molecule has 0 spiro atoms. The molecule has 1 unspecified atom stereocenters. The smallest absolute Gasteiger partial charge is 0.243 e. The Kier molecular flexibility index (Phi) is 4.33. The van der Waals surface area contributed by atoms with E-state index in [0.29, 0.717) is 13.2 Å². The Balaban J connectivity index is 2.02. The number of morpholine rings is 1. The van der Waals surface area contributed by atoms with Crippen molar-refractivity contribution in [2.45, 2.75) is 26.3 Å². The molecule has 0 aromatic heterocycles. The third-order valence-electron chi connectivity index (χ3n) is 3.24. The minimum atomic E-state index is -0.245. The van der Waals surface area contributed by atoms with Crippen molar-refractivity contribution >= 4 is 11.6 Å². The zero-order valence-electron chi connectivity index (χ0n) is 11.0. The lowest BCUT2D eigenvalue weighted by Gasteiger charge is -2.23. The largest absolute Gasteiger partial charge is 0.378 e. The summed E-state index contributed by atoms with van der Waals surface area (Å²) in [5, 5.41) is 6.07. The second kappa shape index (κ2) is 5.98. The van der Waals surface area contributed by atoms with Crippen LogP contribution < -0.4 is 10.6 Å². The van der Waals surface area contributed by atoms with Gasteiger partial charge >= 0.3 is 0 Å². The second-order valence-electron chi connectivity index (χ2n) is 4.57. The van der Waals surface area contributed by atoms with Gasteiger partial charge in [0.15, 0.2) is 0 Å². The van der Waals surface area contributed by atoms with Gasteiger partial charge in [0.05, 0.1) is 13.2 Å². The predicted molar refractivity (Wildman–Crippen MR) is 71.8 cm³/mol. The molecule has 2 rings (SSSR count). The van der Waals surface area contributed by atoms with Crippen LogP contribution in [-0.4, -0.2) is 31.7 Å². The number of nitrogens with one attached hydrogen (secondary N) is 2. The molecular weight excluding hydrogens is 228 g/mol. The van der Waals surface area contributed by atoms with Crippen LogP contribution in [0.15, 0.2) is 18.2 Å². The van der Waals surface area contributed by atoms with Gasteiger partial charge in [-0.2, -0.15) is 0 Å². The summed E-state index contributed by atoms with van der Waals surface area (Å²) >= 11 is 0. The van der Waals surface area contributed by atoms with Gasteiger partial charge in [0, 0.05) is 12.2 Å². The van der Waals surface area contributed by atoms with Gasteiger partial charge in [-0.3, -0.25) is 4.79 Å². The first-order valence-electron chi connectivity index (χ1n) is 6.42. The molecule has 0 radical (unpaired) electrons. The molecule has 98 valence electrons. The molecule has 1 aromatic rings. The van der Waals surface area contributed by atoms with Gasteiger partial charge in [-0.25, -0.2) is 0 Å². The molecule has 0 saturated carbocycles. The maximum absolute atomic E-state index is 12.0. The van der Waals surface area contributed by atoms with Crippen LogP contribution >= 0.6 is 0 Å². The molecule has 0 aliphatic carbocycles. The highest BCUT2D eigenvalue weighted by atomic mass is 16.5. The number of amides is 1. The number of hydrogen-bond donors (Lipinski definition) is 2. The summed E-state index contributed by atoms with van der Waals surface area (Å²) in [6.45, 7) is 6.05. The SMILES string of the molecule is CCc1cc(NC(=O)C2COCCN2)ccc1C. The van der Waals surface area contributed by atoms with E-state index in [1.54, 1.807) is 0 Å². The monoisotopic (exact) mass is 248 g/mol. The van der Waals surface area contributed by atoms with Gasteiger partial charge in [0.1, 0.15) is 6.04 Å². The van der Waals surface area contributed by atoms with Crippen LogP contribution in [0.25, 0.3) is 0 Å². The lowest BCUT2D eigenvalue weighted by atomic mass is 10.1. The van der Waals surface area contributed by atoms with Crippen LogP contribution in [0.2, 0.25) is 0 Å². The molecule has 18 heavy (non-hydrogen) atoms. The van der Waals surface area contributed by atoms with Crippen LogP contribution in [0.3, 0.4) is 0 Å². The van der Waals surface area contributed by atoms with Crippen molar-refractivity contribution in [3.63, 3.8) is 0 Å². The van der Waals surface area contributed by atoms with Gasteiger partial charge < -0.3 is 15.4 Å². The lowest BCUT2D eigenvalue weighted by molar-refractivity contribution is -0.120. The van der Waals surface area contributed by atoms with Crippen molar-refractivity contribution in [1.29, 1.82) is 0 Å². The third kappa shape index (κ3) is 3.09. The van der Waals surface area contributed by atoms with Gasteiger partial charge in [-0.05, 0) is 36.6 Å². The highest BCUT2D eigenvalue weighted by Crippen LogP contribution is 2.16. The Labute approximate surface area is 108 Å². The molecule has 4 nitrogen and oxygen atoms in total. The molecule has 1 amide bonds. The molecule has 4 heteroatoms. The van der Waals surface area contributed by atoms with Crippen LogP contribution in [0.4, 0.5) is 5.69 Å². The molecule has 1 aliphatic heterocycles. The van der Waals surface area contributed by atoms with E-state index in [0.717, 1.165) is 18.7 Å². The quantitative estimate of drug-likeness (QED) is 0.852. The van der Waals surface area contributed by atoms with Crippen molar-refractivity contribution in [2.24, 2.45) is 0 Å². The van der Waals surface area contributed by atoms with Crippen molar-refractivity contribution < 1.29 is 9.53 Å². The van der Waals surface area contributed by atoms with E-state index in [-0.39, 0.29) is 11.9 Å². The number of anilines is 1. The Bertz CT molecular complexity index is 426. The summed E-state index contributed by atoms with van der Waals surface area (Å²) in [5.41, 5.74) is 3.38. The third-order valence-corrected chi connectivity index (χ3v) is 3.24. The van der Waals surface area contributed by atoms with Gasteiger partial charge in [-0.15, -0.1) is 0 Å². The summed E-state index contributed by atoms with van der Waals surface area (Å²) in [5.74, 6) is -0.0272. The topological polar surface area (TPSA) is 50.4 Å². The first kappa shape index (κ1) is 13.1. The molecule has 1 atom stereocenters. The molecule has 2 N–H and O–H groups in total. The number of rotatable bonds is 3. The van der Waals surface area contributed by atoms with E-state index in [4.69, 9.17) is 4.74 Å². The number of carbonyl (C=O) groups excluding carboxylic acids is 1. The van der Waals surface area contributed by atoms with E-state index >= 15 is 0 Å². The van der Waals surface area contributed by atoms with Gasteiger partial charge in [-0.1, -0.05) is 13.0 Å². The fraction of sp³-hybridized carbons (Fsp3) is 0.500. The summed E-state index contributed by atoms with van der Waals surface area (Å²) in [7, 11) is 0. The standard InChI is InChI=1S/C14H20N2O2/c1-3-11-8-12(5-4-10(11)2)16-14(17)13-9-18-7-6-15-13/h4-5,8,13,15H,3,6-7,9H2,1-2H3,(H,16,17). The lowest BCUT2D eigenvalue weighted by Crippen LogP contribution is -2.48. The Hall–Kier alpha value is -1.39. The first-order chi connectivity index (χ1) is 8.70. The van der Waals surface area contributed by atoms with Crippen molar-refractivity contribution in [3.05, 3.63) is 29.3 Å². The minimum absolute atomic E-state index is 0.0272. The summed E-state index contributed by atoms with van der Waals surface area (Å²) in [6.07, 6.45) is 0.973. The van der Waals surface area contributed by atoms with Gasteiger partial charge in [0.25, 0.3) is 0 Å². The predicted octanol–water partition coefficient (Wildman–Crippen LogP) is 1.48. The van der Waals surface area contributed by atoms with E-state index in [2.05, 4.69) is 24.5 Å². The highest BCUT2D eigenvalue weighted by molar-refractivity contribution is 5.95. The summed E-state index contributed by atoms with van der Waals surface area (Å²) < 4.78 is 5.28. The van der Waals surface area contributed by atoms with E-state index in [1.807, 2.05) is 18.2 Å². The Morgan fingerprint density at radius 1 is 1.56 bits per heavy atom. The normalized spacial score (nSPS) is 19.6. The Morgan fingerprint density at radius 3 is 3.06 bits per heavy atom. The highest BCUT2D eigenvalue weighted by Gasteiger charge is 2.21. The minimum Gasteiger partial charge on any atom is -0.378 e.